The van der Waals surface area contributed by atoms with E-state index in [0.29, 0.717) is 12.5 Å². The van der Waals surface area contributed by atoms with E-state index < -0.39 is 0 Å². The molecule has 72 valence electrons. The molecule has 0 aromatic heterocycles. The van der Waals surface area contributed by atoms with Gasteiger partial charge in [-0.25, -0.2) is 0 Å². The van der Waals surface area contributed by atoms with E-state index in [1.807, 2.05) is 18.4 Å². The first-order chi connectivity index (χ1) is 6.17. The van der Waals surface area contributed by atoms with Gasteiger partial charge in [-0.15, -0.1) is 11.8 Å². The van der Waals surface area contributed by atoms with Gasteiger partial charge in [0.05, 0.1) is 0 Å². The van der Waals surface area contributed by atoms with E-state index in [2.05, 4.69) is 13.0 Å². The molecule has 0 bridgehead atoms. The molecule has 0 saturated heterocycles. The van der Waals surface area contributed by atoms with Crippen molar-refractivity contribution in [2.75, 3.05) is 12.8 Å². The highest BCUT2D eigenvalue weighted by Crippen LogP contribution is 2.25. The van der Waals surface area contributed by atoms with Gasteiger partial charge < -0.3 is 5.73 Å². The third kappa shape index (κ3) is 2.90. The van der Waals surface area contributed by atoms with Crippen LogP contribution in [-0.2, 0) is 0 Å². The lowest BCUT2D eigenvalue weighted by molar-refractivity contribution is 0.772. The lowest BCUT2D eigenvalue weighted by Gasteiger charge is -2.10. The van der Waals surface area contributed by atoms with E-state index in [-0.39, 0.29) is 0 Å². The maximum absolute atomic E-state index is 5.98. The van der Waals surface area contributed by atoms with E-state index in [0.717, 1.165) is 5.02 Å². The first kappa shape index (κ1) is 10.9. The number of rotatable bonds is 3. The molecule has 13 heavy (non-hydrogen) atoms. The van der Waals surface area contributed by atoms with Crippen molar-refractivity contribution in [3.8, 4) is 0 Å². The van der Waals surface area contributed by atoms with Crippen LogP contribution in [0.15, 0.2) is 23.1 Å². The van der Waals surface area contributed by atoms with E-state index in [1.165, 1.54) is 10.5 Å². The molecule has 1 nitrogen and oxygen atoms in total. The van der Waals surface area contributed by atoms with Crippen molar-refractivity contribution in [3.63, 3.8) is 0 Å². The van der Waals surface area contributed by atoms with Crippen LogP contribution in [0.4, 0.5) is 0 Å². The zero-order valence-corrected chi connectivity index (χ0v) is 9.45. The molecule has 0 fully saturated rings. The van der Waals surface area contributed by atoms with Crippen LogP contribution in [0.5, 0.6) is 0 Å². The quantitative estimate of drug-likeness (QED) is 0.785. The van der Waals surface area contributed by atoms with Gasteiger partial charge in [0.25, 0.3) is 0 Å². The summed E-state index contributed by atoms with van der Waals surface area (Å²) in [5.41, 5.74) is 6.82. The zero-order valence-electron chi connectivity index (χ0n) is 7.88. The molecule has 1 atom stereocenters. The van der Waals surface area contributed by atoms with Crippen LogP contribution in [0.1, 0.15) is 18.4 Å². The molecule has 0 aliphatic carbocycles. The maximum Gasteiger partial charge on any atom is 0.0419 e. The topological polar surface area (TPSA) is 26.0 Å². The Kier molecular flexibility index (Phi) is 4.10. The number of thioether (sulfide) groups is 1. The summed E-state index contributed by atoms with van der Waals surface area (Å²) in [6.07, 6.45) is 2.04. The van der Waals surface area contributed by atoms with Crippen molar-refractivity contribution in [2.24, 2.45) is 5.73 Å². The molecular formula is C10H14ClNS. The molecule has 0 spiro atoms. The number of hydrogen-bond acceptors (Lipinski definition) is 2. The molecule has 0 radical (unpaired) electrons. The lowest BCUT2D eigenvalue weighted by atomic mass is 10.0. The second-order valence-corrected chi connectivity index (χ2v) is 4.38. The fourth-order valence-corrected chi connectivity index (χ4v) is 1.93. The van der Waals surface area contributed by atoms with E-state index >= 15 is 0 Å². The van der Waals surface area contributed by atoms with Crippen LogP contribution in [0.3, 0.4) is 0 Å². The molecule has 1 unspecified atom stereocenters. The minimum absolute atomic E-state index is 0.379. The van der Waals surface area contributed by atoms with Crippen molar-refractivity contribution in [1.82, 2.24) is 0 Å². The summed E-state index contributed by atoms with van der Waals surface area (Å²) < 4.78 is 0. The normalized spacial score (nSPS) is 12.9. The van der Waals surface area contributed by atoms with Gasteiger partial charge in [0.15, 0.2) is 0 Å². The highest BCUT2D eigenvalue weighted by Gasteiger charge is 2.05. The van der Waals surface area contributed by atoms with Crippen molar-refractivity contribution in [1.29, 1.82) is 0 Å². The standard InChI is InChI=1S/C10H14ClNS/c1-7(6-12)8-3-9(11)5-10(4-8)13-2/h3-5,7H,6,12H2,1-2H3. The molecular weight excluding hydrogens is 202 g/mol. The summed E-state index contributed by atoms with van der Waals surface area (Å²) >= 11 is 7.68. The van der Waals surface area contributed by atoms with Crippen LogP contribution in [0, 0.1) is 0 Å². The molecule has 1 aromatic rings. The Balaban J connectivity index is 3.01. The zero-order chi connectivity index (χ0) is 9.84. The van der Waals surface area contributed by atoms with Crippen LogP contribution >= 0.6 is 23.4 Å². The summed E-state index contributed by atoms with van der Waals surface area (Å²) in [6.45, 7) is 2.77. The average molecular weight is 216 g/mol. The summed E-state index contributed by atoms with van der Waals surface area (Å²) in [6, 6.07) is 6.10. The number of halogens is 1. The Labute approximate surface area is 88.7 Å². The molecule has 2 N–H and O–H groups in total. The Hall–Kier alpha value is -0.180. The van der Waals surface area contributed by atoms with Gasteiger partial charge in [-0.3, -0.25) is 0 Å². The van der Waals surface area contributed by atoms with Gasteiger partial charge in [-0.2, -0.15) is 0 Å². The monoisotopic (exact) mass is 215 g/mol. The summed E-state index contributed by atoms with van der Waals surface area (Å²) in [7, 11) is 0. The van der Waals surface area contributed by atoms with Gasteiger partial charge in [0, 0.05) is 9.92 Å². The van der Waals surface area contributed by atoms with Crippen LogP contribution in [0.25, 0.3) is 0 Å². The summed E-state index contributed by atoms with van der Waals surface area (Å²) in [5, 5.41) is 0.794. The van der Waals surface area contributed by atoms with Gasteiger partial charge in [0.1, 0.15) is 0 Å². The predicted octanol–water partition coefficient (Wildman–Crippen LogP) is 3.12. The third-order valence-corrected chi connectivity index (χ3v) is 2.98. The smallest absolute Gasteiger partial charge is 0.0419 e. The van der Waals surface area contributed by atoms with Crippen molar-refractivity contribution < 1.29 is 0 Å². The molecule has 1 aromatic carbocycles. The number of benzene rings is 1. The Bertz CT molecular complexity index is 288. The van der Waals surface area contributed by atoms with Gasteiger partial charge >= 0.3 is 0 Å². The van der Waals surface area contributed by atoms with Crippen molar-refractivity contribution in [2.45, 2.75) is 17.7 Å². The number of nitrogens with two attached hydrogens (primary N) is 1. The Morgan fingerprint density at radius 2 is 2.15 bits per heavy atom. The molecule has 1 rings (SSSR count). The van der Waals surface area contributed by atoms with Crippen molar-refractivity contribution >= 4 is 23.4 Å². The molecule has 0 heterocycles. The van der Waals surface area contributed by atoms with Crippen LogP contribution in [0.2, 0.25) is 5.02 Å². The second kappa shape index (κ2) is 4.89. The minimum Gasteiger partial charge on any atom is -0.330 e. The molecule has 0 aliphatic rings. The fraction of sp³-hybridized carbons (Fsp3) is 0.400. The maximum atomic E-state index is 5.98. The molecule has 0 aliphatic heterocycles. The third-order valence-electron chi connectivity index (χ3n) is 2.05. The highest BCUT2D eigenvalue weighted by atomic mass is 35.5. The highest BCUT2D eigenvalue weighted by molar-refractivity contribution is 7.98. The van der Waals surface area contributed by atoms with E-state index in [4.69, 9.17) is 17.3 Å². The first-order valence-corrected chi connectivity index (χ1v) is 5.82. The fourth-order valence-electron chi connectivity index (χ4n) is 1.12. The van der Waals surface area contributed by atoms with Gasteiger partial charge in [0.2, 0.25) is 0 Å². The van der Waals surface area contributed by atoms with E-state index in [9.17, 15) is 0 Å². The predicted molar refractivity (Wildman–Crippen MR) is 60.7 cm³/mol. The summed E-state index contributed by atoms with van der Waals surface area (Å²) in [5.74, 6) is 0.379. The van der Waals surface area contributed by atoms with Gasteiger partial charge in [-0.05, 0) is 42.5 Å². The van der Waals surface area contributed by atoms with E-state index in [1.54, 1.807) is 11.8 Å². The molecule has 0 saturated carbocycles. The van der Waals surface area contributed by atoms with Gasteiger partial charge in [-0.1, -0.05) is 18.5 Å². The SMILES string of the molecule is CSc1cc(Cl)cc(C(C)CN)c1. The van der Waals surface area contributed by atoms with Crippen molar-refractivity contribution in [3.05, 3.63) is 28.8 Å². The number of hydrogen-bond donors (Lipinski definition) is 1. The minimum atomic E-state index is 0.379. The van der Waals surface area contributed by atoms with Crippen LogP contribution in [-0.4, -0.2) is 12.8 Å². The largest absolute Gasteiger partial charge is 0.330 e. The Morgan fingerprint density at radius 1 is 1.46 bits per heavy atom. The van der Waals surface area contributed by atoms with Crippen LogP contribution < -0.4 is 5.73 Å². The lowest BCUT2D eigenvalue weighted by Crippen LogP contribution is -2.08. The molecule has 0 amide bonds. The molecule has 3 heteroatoms. The second-order valence-electron chi connectivity index (χ2n) is 3.06. The Morgan fingerprint density at radius 3 is 2.69 bits per heavy atom. The summed E-state index contributed by atoms with van der Waals surface area (Å²) in [4.78, 5) is 1.20. The average Bonchev–Trinajstić information content (AvgIpc) is 2.15. The first-order valence-electron chi connectivity index (χ1n) is 4.22.